The van der Waals surface area contributed by atoms with Crippen molar-refractivity contribution >= 4 is 21.8 Å². The second kappa shape index (κ2) is 7.43. The number of amides is 2. The molecule has 0 aliphatic rings. The van der Waals surface area contributed by atoms with Gasteiger partial charge in [0.2, 0.25) is 5.91 Å². The van der Waals surface area contributed by atoms with Crippen molar-refractivity contribution < 1.29 is 18.0 Å². The Balaban J connectivity index is 1.78. The lowest BCUT2D eigenvalue weighted by Gasteiger charge is -2.08. The summed E-state index contributed by atoms with van der Waals surface area (Å²) in [5, 5.41) is 0. The zero-order chi connectivity index (χ0) is 19.4. The highest BCUT2D eigenvalue weighted by molar-refractivity contribution is 7.90. The van der Waals surface area contributed by atoms with Gasteiger partial charge in [0.25, 0.3) is 15.9 Å². The summed E-state index contributed by atoms with van der Waals surface area (Å²) < 4.78 is 26.9. The number of nitrogens with two attached hydrogens (primary N) is 1. The summed E-state index contributed by atoms with van der Waals surface area (Å²) in [6, 6.07) is 21.1. The largest absolute Gasteiger partial charge is 0.366 e. The predicted octanol–water partition coefficient (Wildman–Crippen LogP) is 2.57. The molecule has 3 N–H and O–H groups in total. The second-order valence-corrected chi connectivity index (χ2v) is 7.45. The summed E-state index contributed by atoms with van der Waals surface area (Å²) in [6.07, 6.45) is 0. The molecule has 3 rings (SSSR count). The minimum Gasteiger partial charge on any atom is -0.366 e. The average molecular weight is 380 g/mol. The summed E-state index contributed by atoms with van der Waals surface area (Å²) in [6.45, 7) is 0. The molecule has 0 saturated heterocycles. The van der Waals surface area contributed by atoms with Crippen molar-refractivity contribution in [1.29, 1.82) is 0 Å². The van der Waals surface area contributed by atoms with E-state index in [0.717, 1.165) is 11.1 Å². The summed E-state index contributed by atoms with van der Waals surface area (Å²) >= 11 is 0. The molecule has 27 heavy (non-hydrogen) atoms. The van der Waals surface area contributed by atoms with E-state index in [1.807, 2.05) is 35.1 Å². The van der Waals surface area contributed by atoms with Gasteiger partial charge in [0.1, 0.15) is 0 Å². The van der Waals surface area contributed by atoms with E-state index < -0.39 is 21.8 Å². The van der Waals surface area contributed by atoms with Crippen molar-refractivity contribution in [2.24, 2.45) is 5.73 Å². The first-order valence-corrected chi connectivity index (χ1v) is 9.48. The minimum absolute atomic E-state index is 0.0238. The number of hydrogen-bond donors (Lipinski definition) is 2. The molecule has 0 spiro atoms. The van der Waals surface area contributed by atoms with Crippen LogP contribution in [0.25, 0.3) is 11.1 Å². The van der Waals surface area contributed by atoms with E-state index in [1.165, 1.54) is 36.4 Å². The summed E-state index contributed by atoms with van der Waals surface area (Å²) in [4.78, 5) is 23.2. The minimum atomic E-state index is -4.02. The smallest absolute Gasteiger partial charge is 0.264 e. The molecule has 0 atom stereocenters. The van der Waals surface area contributed by atoms with Crippen molar-refractivity contribution in [3.8, 4) is 11.1 Å². The molecule has 0 radical (unpaired) electrons. The Hall–Kier alpha value is -3.45. The number of benzene rings is 3. The normalized spacial score (nSPS) is 11.0. The Morgan fingerprint density at radius 3 is 1.78 bits per heavy atom. The zero-order valence-electron chi connectivity index (χ0n) is 14.1. The van der Waals surface area contributed by atoms with Crippen LogP contribution in [0.3, 0.4) is 0 Å². The van der Waals surface area contributed by atoms with Gasteiger partial charge in [0.15, 0.2) is 0 Å². The van der Waals surface area contributed by atoms with E-state index in [1.54, 1.807) is 12.1 Å². The van der Waals surface area contributed by atoms with Crippen LogP contribution in [0.15, 0.2) is 83.8 Å². The van der Waals surface area contributed by atoms with Gasteiger partial charge in [-0.05, 0) is 47.5 Å². The molecule has 3 aromatic carbocycles. The van der Waals surface area contributed by atoms with E-state index >= 15 is 0 Å². The molecule has 0 unspecified atom stereocenters. The molecule has 6 nitrogen and oxygen atoms in total. The Labute approximate surface area is 156 Å². The van der Waals surface area contributed by atoms with Gasteiger partial charge >= 0.3 is 0 Å². The first kappa shape index (κ1) is 18.3. The Morgan fingerprint density at radius 2 is 1.22 bits per heavy atom. The maximum Gasteiger partial charge on any atom is 0.264 e. The first-order chi connectivity index (χ1) is 12.9. The van der Waals surface area contributed by atoms with Crippen LogP contribution < -0.4 is 10.5 Å². The predicted molar refractivity (Wildman–Crippen MR) is 101 cm³/mol. The van der Waals surface area contributed by atoms with Crippen molar-refractivity contribution in [3.05, 3.63) is 90.0 Å². The van der Waals surface area contributed by atoms with Crippen LogP contribution in [-0.4, -0.2) is 20.2 Å². The number of sulfonamides is 1. The molecule has 2 amide bonds. The molecule has 3 aromatic rings. The third-order valence-electron chi connectivity index (χ3n) is 3.93. The number of rotatable bonds is 5. The van der Waals surface area contributed by atoms with Crippen molar-refractivity contribution in [2.45, 2.75) is 4.90 Å². The van der Waals surface area contributed by atoms with Gasteiger partial charge in [-0.2, -0.15) is 0 Å². The molecule has 0 saturated carbocycles. The topological polar surface area (TPSA) is 106 Å². The van der Waals surface area contributed by atoms with Crippen molar-refractivity contribution in [3.63, 3.8) is 0 Å². The Morgan fingerprint density at radius 1 is 0.704 bits per heavy atom. The summed E-state index contributed by atoms with van der Waals surface area (Å²) in [7, 11) is -4.02. The van der Waals surface area contributed by atoms with Gasteiger partial charge < -0.3 is 5.73 Å². The highest BCUT2D eigenvalue weighted by Gasteiger charge is 2.19. The SMILES string of the molecule is NC(=O)c1ccc(C(=O)NS(=O)(=O)c2ccc(-c3ccccc3)cc2)cc1. The van der Waals surface area contributed by atoms with E-state index in [9.17, 15) is 18.0 Å². The molecule has 0 aliphatic carbocycles. The summed E-state index contributed by atoms with van der Waals surface area (Å²) in [5.74, 6) is -1.42. The fourth-order valence-electron chi connectivity index (χ4n) is 2.48. The summed E-state index contributed by atoms with van der Waals surface area (Å²) in [5.41, 5.74) is 7.29. The van der Waals surface area contributed by atoms with Gasteiger partial charge in [0, 0.05) is 11.1 Å². The third-order valence-corrected chi connectivity index (χ3v) is 5.28. The van der Waals surface area contributed by atoms with Gasteiger partial charge in [-0.3, -0.25) is 9.59 Å². The lowest BCUT2D eigenvalue weighted by Crippen LogP contribution is -2.30. The standard InChI is InChI=1S/C20H16N2O4S/c21-19(23)16-6-8-17(9-7-16)20(24)22-27(25,26)18-12-10-15(11-13-18)14-4-2-1-3-5-14/h1-13H,(H2,21,23)(H,22,24). The Kier molecular flexibility index (Phi) is 5.05. The molecule has 0 aromatic heterocycles. The molecule has 0 aliphatic heterocycles. The monoisotopic (exact) mass is 380 g/mol. The van der Waals surface area contributed by atoms with Crippen LogP contribution in [0.4, 0.5) is 0 Å². The number of nitrogens with one attached hydrogen (secondary N) is 1. The van der Waals surface area contributed by atoms with Crippen LogP contribution in [-0.2, 0) is 10.0 Å². The maximum atomic E-state index is 12.4. The number of carbonyl (C=O) groups excluding carboxylic acids is 2. The fraction of sp³-hybridized carbons (Fsp3) is 0. The zero-order valence-corrected chi connectivity index (χ0v) is 14.9. The molecule has 0 bridgehead atoms. The molecular weight excluding hydrogens is 364 g/mol. The molecule has 0 heterocycles. The van der Waals surface area contributed by atoms with Gasteiger partial charge in [-0.1, -0.05) is 42.5 Å². The lowest BCUT2D eigenvalue weighted by molar-refractivity contribution is 0.0975. The van der Waals surface area contributed by atoms with Crippen molar-refractivity contribution in [1.82, 2.24) is 4.72 Å². The fourth-order valence-corrected chi connectivity index (χ4v) is 3.46. The quantitative estimate of drug-likeness (QED) is 0.709. The Bertz CT molecular complexity index is 1080. The molecule has 0 fully saturated rings. The second-order valence-electron chi connectivity index (χ2n) is 5.77. The number of carbonyl (C=O) groups is 2. The molecule has 136 valence electrons. The first-order valence-electron chi connectivity index (χ1n) is 7.99. The number of primary amides is 1. The molecular formula is C20H16N2O4S. The van der Waals surface area contributed by atoms with Gasteiger partial charge in [0.05, 0.1) is 4.90 Å². The molecule has 7 heteroatoms. The van der Waals surface area contributed by atoms with E-state index in [2.05, 4.69) is 0 Å². The van der Waals surface area contributed by atoms with Crippen LogP contribution >= 0.6 is 0 Å². The van der Waals surface area contributed by atoms with Crippen LogP contribution in [0.2, 0.25) is 0 Å². The maximum absolute atomic E-state index is 12.4. The average Bonchev–Trinajstić information content (AvgIpc) is 2.68. The van der Waals surface area contributed by atoms with Gasteiger partial charge in [-0.15, -0.1) is 0 Å². The third kappa shape index (κ3) is 4.21. The lowest BCUT2D eigenvalue weighted by atomic mass is 10.1. The van der Waals surface area contributed by atoms with E-state index in [4.69, 9.17) is 5.73 Å². The van der Waals surface area contributed by atoms with E-state index in [0.29, 0.717) is 0 Å². The van der Waals surface area contributed by atoms with Crippen LogP contribution in [0.1, 0.15) is 20.7 Å². The van der Waals surface area contributed by atoms with Gasteiger partial charge in [-0.25, -0.2) is 13.1 Å². The van der Waals surface area contributed by atoms with Crippen molar-refractivity contribution in [2.75, 3.05) is 0 Å². The van der Waals surface area contributed by atoms with E-state index in [-0.39, 0.29) is 16.0 Å². The highest BCUT2D eigenvalue weighted by atomic mass is 32.2. The van der Waals surface area contributed by atoms with Crippen LogP contribution in [0.5, 0.6) is 0 Å². The highest BCUT2D eigenvalue weighted by Crippen LogP contribution is 2.21. The number of hydrogen-bond acceptors (Lipinski definition) is 4. The van der Waals surface area contributed by atoms with Crippen LogP contribution in [0, 0.1) is 0 Å².